The Morgan fingerprint density at radius 2 is 0.755 bits per heavy atom. The van der Waals surface area contributed by atoms with E-state index in [0.29, 0.717) is 17.5 Å². The maximum Gasteiger partial charge on any atom is 0.164 e. The molecule has 0 atom stereocenters. The minimum Gasteiger partial charge on any atom is -0.208 e. The van der Waals surface area contributed by atoms with Gasteiger partial charge >= 0.3 is 0 Å². The van der Waals surface area contributed by atoms with E-state index in [1.807, 2.05) is 36.4 Å². The second kappa shape index (κ2) is 13.1. The van der Waals surface area contributed by atoms with Crippen molar-refractivity contribution in [3.63, 3.8) is 0 Å². The van der Waals surface area contributed by atoms with E-state index in [9.17, 15) is 0 Å². The molecule has 0 spiro atoms. The molecular weight excluding hydrogens is 663 g/mol. The van der Waals surface area contributed by atoms with Gasteiger partial charge in [0, 0.05) is 36.9 Å². The van der Waals surface area contributed by atoms with Crippen LogP contribution in [0.4, 0.5) is 0 Å². The van der Waals surface area contributed by atoms with E-state index in [-0.39, 0.29) is 0 Å². The Hall–Kier alpha value is -6.75. The Morgan fingerprint density at radius 1 is 0.264 bits per heavy atom. The van der Waals surface area contributed by atoms with E-state index in [4.69, 9.17) is 15.0 Å². The average molecular weight is 694 g/mol. The summed E-state index contributed by atoms with van der Waals surface area (Å²) in [5, 5.41) is 5.01. The molecular formula is C49H31N3S. The van der Waals surface area contributed by atoms with Gasteiger partial charge in [-0.2, -0.15) is 0 Å². The minimum absolute atomic E-state index is 0.652. The summed E-state index contributed by atoms with van der Waals surface area (Å²) in [6.45, 7) is 0. The fourth-order valence-electron chi connectivity index (χ4n) is 7.14. The zero-order valence-electron chi connectivity index (χ0n) is 28.6. The molecule has 0 saturated heterocycles. The summed E-state index contributed by atoms with van der Waals surface area (Å²) in [6, 6.07) is 66.5. The Bertz CT molecular complexity index is 2930. The molecule has 0 saturated carbocycles. The van der Waals surface area contributed by atoms with E-state index in [2.05, 4.69) is 152 Å². The van der Waals surface area contributed by atoms with Gasteiger partial charge in [-0.15, -0.1) is 11.3 Å². The smallest absolute Gasteiger partial charge is 0.164 e. The molecule has 0 bridgehead atoms. The summed E-state index contributed by atoms with van der Waals surface area (Å²) < 4.78 is 2.46. The van der Waals surface area contributed by atoms with Crippen LogP contribution in [0.25, 0.3) is 98.5 Å². The molecule has 0 amide bonds. The van der Waals surface area contributed by atoms with E-state index in [1.165, 1.54) is 53.2 Å². The monoisotopic (exact) mass is 693 g/mol. The summed E-state index contributed by atoms with van der Waals surface area (Å²) in [5.74, 6) is 1.97. The van der Waals surface area contributed by atoms with Crippen molar-refractivity contribution in [2.45, 2.75) is 0 Å². The molecule has 0 fully saturated rings. The number of benzene rings is 8. The first-order valence-electron chi connectivity index (χ1n) is 17.8. The van der Waals surface area contributed by atoms with Crippen LogP contribution in [0.5, 0.6) is 0 Å². The predicted molar refractivity (Wildman–Crippen MR) is 223 cm³/mol. The third-order valence-corrected chi connectivity index (χ3v) is 11.1. The molecule has 0 N–H and O–H groups in total. The summed E-state index contributed by atoms with van der Waals surface area (Å²) in [4.78, 5) is 15.1. The second-order valence-corrected chi connectivity index (χ2v) is 14.4. The molecule has 0 aliphatic carbocycles. The molecule has 8 aromatic carbocycles. The molecule has 2 heterocycles. The van der Waals surface area contributed by atoms with Crippen LogP contribution in [0, 0.1) is 0 Å². The Labute approximate surface area is 311 Å². The first-order chi connectivity index (χ1) is 26.2. The molecule has 4 heteroatoms. The zero-order valence-corrected chi connectivity index (χ0v) is 29.5. The lowest BCUT2D eigenvalue weighted by Gasteiger charge is -2.10. The largest absolute Gasteiger partial charge is 0.208 e. The number of hydrogen-bond donors (Lipinski definition) is 0. The van der Waals surface area contributed by atoms with E-state index in [0.717, 1.165) is 27.8 Å². The highest BCUT2D eigenvalue weighted by atomic mass is 32.1. The summed E-state index contributed by atoms with van der Waals surface area (Å²) in [5.41, 5.74) is 10.0. The van der Waals surface area contributed by atoms with E-state index < -0.39 is 0 Å². The van der Waals surface area contributed by atoms with Crippen LogP contribution in [-0.4, -0.2) is 15.0 Å². The first-order valence-corrected chi connectivity index (χ1v) is 18.6. The lowest BCUT2D eigenvalue weighted by atomic mass is 9.97. The molecule has 0 radical (unpaired) electrons. The SMILES string of the molecule is c1ccc(-c2cccc(-c3nc(-c4ccccc4)nc(-c4ccc5c(c4)sc4ccc(-c6ccc(-c7ccc8ccccc8c7)cc6)cc45)n3)c2)cc1. The van der Waals surface area contributed by atoms with Crippen LogP contribution in [0.3, 0.4) is 0 Å². The normalized spacial score (nSPS) is 11.4. The molecule has 10 aromatic rings. The van der Waals surface area contributed by atoms with Crippen molar-refractivity contribution >= 4 is 42.3 Å². The predicted octanol–water partition coefficient (Wildman–Crippen LogP) is 13.4. The van der Waals surface area contributed by atoms with Gasteiger partial charge in [0.25, 0.3) is 0 Å². The number of hydrogen-bond acceptors (Lipinski definition) is 4. The molecule has 0 aliphatic heterocycles. The summed E-state index contributed by atoms with van der Waals surface area (Å²) in [7, 11) is 0. The Morgan fingerprint density at radius 3 is 1.49 bits per heavy atom. The number of thiophene rings is 1. The van der Waals surface area contributed by atoms with Crippen LogP contribution in [0.15, 0.2) is 188 Å². The highest BCUT2D eigenvalue weighted by Crippen LogP contribution is 2.39. The van der Waals surface area contributed by atoms with Crippen LogP contribution in [0.1, 0.15) is 0 Å². The summed E-state index contributed by atoms with van der Waals surface area (Å²) >= 11 is 1.80. The van der Waals surface area contributed by atoms with E-state index >= 15 is 0 Å². The number of nitrogens with zero attached hydrogens (tertiary/aromatic N) is 3. The Kier molecular flexibility index (Phi) is 7.67. The first kappa shape index (κ1) is 31.0. The fourth-order valence-corrected chi connectivity index (χ4v) is 8.26. The number of rotatable bonds is 6. The van der Waals surface area contributed by atoms with Gasteiger partial charge in [0.05, 0.1) is 0 Å². The maximum atomic E-state index is 5.07. The second-order valence-electron chi connectivity index (χ2n) is 13.3. The molecule has 3 nitrogen and oxygen atoms in total. The van der Waals surface area contributed by atoms with Crippen LogP contribution >= 0.6 is 11.3 Å². The quantitative estimate of drug-likeness (QED) is 0.174. The van der Waals surface area contributed by atoms with Crippen molar-refractivity contribution in [1.29, 1.82) is 0 Å². The highest BCUT2D eigenvalue weighted by Gasteiger charge is 2.15. The molecule has 0 unspecified atom stereocenters. The van der Waals surface area contributed by atoms with Crippen LogP contribution in [-0.2, 0) is 0 Å². The lowest BCUT2D eigenvalue weighted by Crippen LogP contribution is -2.00. The minimum atomic E-state index is 0.652. The molecule has 53 heavy (non-hydrogen) atoms. The van der Waals surface area contributed by atoms with Gasteiger partial charge in [-0.25, -0.2) is 15.0 Å². The third-order valence-electron chi connectivity index (χ3n) is 9.93. The standard InChI is InChI=1S/C49H31N3S/c1-3-10-32(11-4-1)38-16-9-17-41(29-38)48-50-47(36-13-5-2-6-14-36)51-49(52-48)42-24-26-43-44-30-40(25-27-45(44)53-46(43)31-42)35-20-18-34(19-21-35)39-23-22-33-12-7-8-15-37(33)28-39/h1-31H. The van der Waals surface area contributed by atoms with Gasteiger partial charge in [-0.05, 0) is 74.5 Å². The van der Waals surface area contributed by atoms with Crippen LogP contribution < -0.4 is 0 Å². The van der Waals surface area contributed by atoms with Crippen molar-refractivity contribution < 1.29 is 0 Å². The number of fused-ring (bicyclic) bond motifs is 4. The average Bonchev–Trinajstić information content (AvgIpc) is 3.61. The van der Waals surface area contributed by atoms with Gasteiger partial charge in [0.15, 0.2) is 17.5 Å². The molecule has 248 valence electrons. The van der Waals surface area contributed by atoms with Gasteiger partial charge < -0.3 is 0 Å². The van der Waals surface area contributed by atoms with E-state index in [1.54, 1.807) is 11.3 Å². The molecule has 0 aliphatic rings. The molecule has 2 aromatic heterocycles. The topological polar surface area (TPSA) is 38.7 Å². The Balaban J connectivity index is 1.01. The summed E-state index contributed by atoms with van der Waals surface area (Å²) in [6.07, 6.45) is 0. The van der Waals surface area contributed by atoms with Crippen LogP contribution in [0.2, 0.25) is 0 Å². The van der Waals surface area contributed by atoms with Gasteiger partial charge in [-0.3, -0.25) is 0 Å². The zero-order chi connectivity index (χ0) is 35.1. The molecule has 10 rings (SSSR count). The van der Waals surface area contributed by atoms with Gasteiger partial charge in [0.1, 0.15) is 0 Å². The van der Waals surface area contributed by atoms with Crippen molar-refractivity contribution in [1.82, 2.24) is 15.0 Å². The van der Waals surface area contributed by atoms with Gasteiger partial charge in [-0.1, -0.05) is 158 Å². The van der Waals surface area contributed by atoms with Crippen molar-refractivity contribution in [3.05, 3.63) is 188 Å². The van der Waals surface area contributed by atoms with Crippen molar-refractivity contribution in [3.8, 4) is 67.5 Å². The number of aromatic nitrogens is 3. The fraction of sp³-hybridized carbons (Fsp3) is 0. The van der Waals surface area contributed by atoms with Gasteiger partial charge in [0.2, 0.25) is 0 Å². The van der Waals surface area contributed by atoms with Crippen molar-refractivity contribution in [2.24, 2.45) is 0 Å². The highest BCUT2D eigenvalue weighted by molar-refractivity contribution is 7.25. The van der Waals surface area contributed by atoms with Crippen molar-refractivity contribution in [2.75, 3.05) is 0 Å². The third kappa shape index (κ3) is 5.95. The maximum absolute atomic E-state index is 5.07. The lowest BCUT2D eigenvalue weighted by molar-refractivity contribution is 1.07.